The van der Waals surface area contributed by atoms with Crippen molar-refractivity contribution in [1.82, 2.24) is 9.97 Å². The molecule has 2 aromatic heterocycles. The van der Waals surface area contributed by atoms with Gasteiger partial charge in [0.05, 0.1) is 10.2 Å². The third kappa shape index (κ3) is 4.00. The van der Waals surface area contributed by atoms with Gasteiger partial charge in [-0.25, -0.2) is 9.97 Å². The van der Waals surface area contributed by atoms with Crippen molar-refractivity contribution in [2.45, 2.75) is 25.7 Å². The first-order valence-corrected chi connectivity index (χ1v) is 8.88. The Kier molecular flexibility index (Phi) is 5.24. The molecule has 2 aromatic rings. The van der Waals surface area contributed by atoms with Crippen molar-refractivity contribution in [3.8, 4) is 0 Å². The Balaban J connectivity index is 1.48. The van der Waals surface area contributed by atoms with Crippen molar-refractivity contribution in [2.75, 3.05) is 24.6 Å². The number of esters is 1. The second kappa shape index (κ2) is 7.57. The zero-order valence-electron chi connectivity index (χ0n) is 13.3. The third-order valence-electron chi connectivity index (χ3n) is 4.27. The maximum Gasteiger partial charge on any atom is 0.306 e. The number of fused-ring (bicyclic) bond motifs is 1. The molecule has 0 atom stereocenters. The van der Waals surface area contributed by atoms with Crippen molar-refractivity contribution < 1.29 is 14.3 Å². The summed E-state index contributed by atoms with van der Waals surface area (Å²) in [6.45, 7) is 1.51. The van der Waals surface area contributed by atoms with Crippen LogP contribution in [0, 0.1) is 5.92 Å². The van der Waals surface area contributed by atoms with E-state index in [0.29, 0.717) is 12.3 Å². The standard InChI is InChI=1S/C16H20N4O3S/c17-13(21)9-23-14(22)2-1-11-3-6-20(7-4-11)16-15-12(5-8-24-15)18-10-19-16/h5,8,10-11H,1-4,6-7,9H2,(H2,17,21). The van der Waals surface area contributed by atoms with E-state index in [1.165, 1.54) is 0 Å². The number of hydrogen-bond acceptors (Lipinski definition) is 7. The zero-order valence-corrected chi connectivity index (χ0v) is 14.1. The summed E-state index contributed by atoms with van der Waals surface area (Å²) in [5.74, 6) is 0.520. The number of nitrogens with zero attached hydrogens (tertiary/aromatic N) is 3. The Labute approximate surface area is 143 Å². The van der Waals surface area contributed by atoms with Gasteiger partial charge in [0.2, 0.25) is 0 Å². The van der Waals surface area contributed by atoms with Gasteiger partial charge in [0, 0.05) is 19.5 Å². The van der Waals surface area contributed by atoms with E-state index in [0.717, 1.165) is 48.4 Å². The van der Waals surface area contributed by atoms with Gasteiger partial charge < -0.3 is 15.4 Å². The van der Waals surface area contributed by atoms with Gasteiger partial charge in [0.15, 0.2) is 6.61 Å². The minimum absolute atomic E-state index is 0.332. The number of hydrogen-bond donors (Lipinski definition) is 1. The average molecular weight is 348 g/mol. The molecule has 1 aliphatic heterocycles. The highest BCUT2D eigenvalue weighted by Crippen LogP contribution is 2.31. The summed E-state index contributed by atoms with van der Waals surface area (Å²) in [4.78, 5) is 33.1. The van der Waals surface area contributed by atoms with Crippen LogP contribution in [-0.4, -0.2) is 41.5 Å². The SMILES string of the molecule is NC(=O)COC(=O)CCC1CCN(c2ncnc3ccsc23)CC1. The van der Waals surface area contributed by atoms with Gasteiger partial charge in [-0.2, -0.15) is 0 Å². The van der Waals surface area contributed by atoms with Gasteiger partial charge in [-0.1, -0.05) is 0 Å². The number of anilines is 1. The van der Waals surface area contributed by atoms with E-state index in [1.54, 1.807) is 17.7 Å². The van der Waals surface area contributed by atoms with E-state index in [1.807, 2.05) is 11.4 Å². The molecule has 1 aliphatic rings. The van der Waals surface area contributed by atoms with Crippen molar-refractivity contribution in [3.63, 3.8) is 0 Å². The minimum atomic E-state index is -0.624. The highest BCUT2D eigenvalue weighted by atomic mass is 32.1. The molecule has 0 aliphatic carbocycles. The maximum atomic E-state index is 11.5. The second-order valence-electron chi connectivity index (χ2n) is 5.93. The number of piperidine rings is 1. The highest BCUT2D eigenvalue weighted by molar-refractivity contribution is 7.17. The number of nitrogens with two attached hydrogens (primary N) is 1. The maximum absolute atomic E-state index is 11.5. The molecule has 1 amide bonds. The van der Waals surface area contributed by atoms with E-state index < -0.39 is 5.91 Å². The minimum Gasteiger partial charge on any atom is -0.456 e. The van der Waals surface area contributed by atoms with Crippen LogP contribution >= 0.6 is 11.3 Å². The van der Waals surface area contributed by atoms with Gasteiger partial charge in [0.25, 0.3) is 5.91 Å². The Morgan fingerprint density at radius 1 is 1.33 bits per heavy atom. The lowest BCUT2D eigenvalue weighted by Crippen LogP contribution is -2.34. The van der Waals surface area contributed by atoms with Gasteiger partial charge >= 0.3 is 5.97 Å². The Morgan fingerprint density at radius 2 is 2.12 bits per heavy atom. The molecule has 8 heteroatoms. The van der Waals surface area contributed by atoms with Crippen LogP contribution in [0.15, 0.2) is 17.8 Å². The van der Waals surface area contributed by atoms with E-state index in [-0.39, 0.29) is 12.6 Å². The van der Waals surface area contributed by atoms with Crippen LogP contribution in [0.25, 0.3) is 10.2 Å². The Hall–Kier alpha value is -2.22. The molecule has 0 radical (unpaired) electrons. The normalized spacial score (nSPS) is 15.6. The van der Waals surface area contributed by atoms with Gasteiger partial charge in [-0.15, -0.1) is 11.3 Å². The average Bonchev–Trinajstić information content (AvgIpc) is 3.07. The van der Waals surface area contributed by atoms with Crippen LogP contribution in [0.2, 0.25) is 0 Å². The van der Waals surface area contributed by atoms with Crippen molar-refractivity contribution >= 4 is 39.2 Å². The molecule has 128 valence electrons. The van der Waals surface area contributed by atoms with Gasteiger partial charge in [-0.3, -0.25) is 9.59 Å². The summed E-state index contributed by atoms with van der Waals surface area (Å²) in [5.41, 5.74) is 5.94. The van der Waals surface area contributed by atoms with Crippen molar-refractivity contribution in [3.05, 3.63) is 17.8 Å². The predicted octanol–water partition coefficient (Wildman–Crippen LogP) is 1.72. The van der Waals surface area contributed by atoms with Crippen molar-refractivity contribution in [2.24, 2.45) is 11.7 Å². The summed E-state index contributed by atoms with van der Waals surface area (Å²) in [6, 6.07) is 2.01. The number of primary amides is 1. The monoisotopic (exact) mass is 348 g/mol. The van der Waals surface area contributed by atoms with Crippen LogP contribution < -0.4 is 10.6 Å². The molecule has 0 spiro atoms. The first-order chi connectivity index (χ1) is 11.6. The van der Waals surface area contributed by atoms with E-state index in [2.05, 4.69) is 14.9 Å². The van der Waals surface area contributed by atoms with Crippen LogP contribution in [0.4, 0.5) is 5.82 Å². The van der Waals surface area contributed by atoms with E-state index in [9.17, 15) is 9.59 Å². The summed E-state index contributed by atoms with van der Waals surface area (Å²) >= 11 is 1.66. The molecule has 0 unspecified atom stereocenters. The number of ether oxygens (including phenoxy) is 1. The number of aromatic nitrogens is 2. The van der Waals surface area contributed by atoms with E-state index in [4.69, 9.17) is 10.5 Å². The molecule has 1 fully saturated rings. The first kappa shape index (κ1) is 16.6. The molecule has 1 saturated heterocycles. The summed E-state index contributed by atoms with van der Waals surface area (Å²) < 4.78 is 5.92. The van der Waals surface area contributed by atoms with Gasteiger partial charge in [0.1, 0.15) is 12.1 Å². The predicted molar refractivity (Wildman–Crippen MR) is 91.7 cm³/mol. The lowest BCUT2D eigenvalue weighted by molar-refractivity contribution is -0.148. The molecule has 0 bridgehead atoms. The fourth-order valence-electron chi connectivity index (χ4n) is 2.98. The second-order valence-corrected chi connectivity index (χ2v) is 6.84. The summed E-state index contributed by atoms with van der Waals surface area (Å²) in [5, 5.41) is 2.04. The Morgan fingerprint density at radius 3 is 2.88 bits per heavy atom. The molecule has 24 heavy (non-hydrogen) atoms. The lowest BCUT2D eigenvalue weighted by atomic mass is 9.92. The summed E-state index contributed by atoms with van der Waals surface area (Å²) in [7, 11) is 0. The molecular weight excluding hydrogens is 328 g/mol. The molecule has 3 rings (SSSR count). The molecule has 0 saturated carbocycles. The molecule has 0 aromatic carbocycles. The largest absolute Gasteiger partial charge is 0.456 e. The number of carbonyl (C=O) groups is 2. The number of carbonyl (C=O) groups excluding carboxylic acids is 2. The fraction of sp³-hybridized carbons (Fsp3) is 0.500. The van der Waals surface area contributed by atoms with Crippen LogP contribution in [0.5, 0.6) is 0 Å². The van der Waals surface area contributed by atoms with Crippen molar-refractivity contribution in [1.29, 1.82) is 0 Å². The van der Waals surface area contributed by atoms with Crippen LogP contribution in [-0.2, 0) is 14.3 Å². The number of rotatable bonds is 6. The third-order valence-corrected chi connectivity index (χ3v) is 5.17. The first-order valence-electron chi connectivity index (χ1n) is 8.00. The fourth-order valence-corrected chi connectivity index (χ4v) is 3.84. The zero-order chi connectivity index (χ0) is 16.9. The van der Waals surface area contributed by atoms with Crippen LogP contribution in [0.3, 0.4) is 0 Å². The smallest absolute Gasteiger partial charge is 0.306 e. The topological polar surface area (TPSA) is 98.4 Å². The number of amides is 1. The Bertz CT molecular complexity index is 725. The molecular formula is C16H20N4O3S. The van der Waals surface area contributed by atoms with Gasteiger partial charge in [-0.05, 0) is 36.6 Å². The van der Waals surface area contributed by atoms with Crippen LogP contribution in [0.1, 0.15) is 25.7 Å². The number of thiophene rings is 1. The molecule has 3 heterocycles. The lowest BCUT2D eigenvalue weighted by Gasteiger charge is -2.32. The molecule has 2 N–H and O–H groups in total. The molecule has 7 nitrogen and oxygen atoms in total. The summed E-state index contributed by atoms with van der Waals surface area (Å²) in [6.07, 6.45) is 4.76. The van der Waals surface area contributed by atoms with E-state index >= 15 is 0 Å². The quantitative estimate of drug-likeness (QED) is 0.798. The highest BCUT2D eigenvalue weighted by Gasteiger charge is 2.22.